The molecule has 0 amide bonds. The number of nitrogens with zero attached hydrogens (tertiary/aromatic N) is 5. The summed E-state index contributed by atoms with van der Waals surface area (Å²) in [6.45, 7) is 0.206. The second-order valence-corrected chi connectivity index (χ2v) is 5.81. The molecule has 1 aliphatic heterocycles. The zero-order valence-electron chi connectivity index (χ0n) is 13.2. The van der Waals surface area contributed by atoms with Crippen LogP contribution in [0.5, 0.6) is 5.75 Å². The molecule has 0 aliphatic carbocycles. The van der Waals surface area contributed by atoms with Gasteiger partial charge in [-0.3, -0.25) is 0 Å². The number of hydrogen-bond donors (Lipinski definition) is 0. The van der Waals surface area contributed by atoms with Crippen LogP contribution in [-0.4, -0.2) is 37.7 Å². The van der Waals surface area contributed by atoms with Crippen molar-refractivity contribution in [3.8, 4) is 17.3 Å². The number of aromatic nitrogens is 5. The topological polar surface area (TPSA) is 78.9 Å². The molecule has 4 heterocycles. The zero-order chi connectivity index (χ0) is 17.2. The third-order valence-electron chi connectivity index (χ3n) is 4.10. The average Bonchev–Trinajstić information content (AvgIpc) is 3.29. The van der Waals surface area contributed by atoms with Gasteiger partial charge in [-0.1, -0.05) is 5.16 Å². The largest absolute Gasteiger partial charge is 0.486 e. The van der Waals surface area contributed by atoms with Gasteiger partial charge in [0.2, 0.25) is 11.7 Å². The van der Waals surface area contributed by atoms with Gasteiger partial charge in [0.15, 0.2) is 0 Å². The van der Waals surface area contributed by atoms with E-state index in [0.717, 1.165) is 25.1 Å². The minimum Gasteiger partial charge on any atom is -0.486 e. The van der Waals surface area contributed by atoms with E-state index in [4.69, 9.17) is 9.26 Å². The van der Waals surface area contributed by atoms with E-state index in [1.54, 1.807) is 12.1 Å². The molecule has 7 nitrogen and oxygen atoms in total. The molecule has 0 saturated carbocycles. The fourth-order valence-corrected chi connectivity index (χ4v) is 2.84. The van der Waals surface area contributed by atoms with Crippen molar-refractivity contribution in [1.29, 1.82) is 0 Å². The van der Waals surface area contributed by atoms with Gasteiger partial charge in [0.05, 0.1) is 12.5 Å². The van der Waals surface area contributed by atoms with Crippen molar-refractivity contribution in [3.63, 3.8) is 0 Å². The molecule has 130 valence electrons. The van der Waals surface area contributed by atoms with Crippen molar-refractivity contribution < 1.29 is 18.0 Å². The highest BCUT2D eigenvalue weighted by atomic mass is 19.3. The molecule has 0 spiro atoms. The molecule has 0 fully saturated rings. The van der Waals surface area contributed by atoms with Crippen LogP contribution in [0, 0.1) is 0 Å². The van der Waals surface area contributed by atoms with Gasteiger partial charge in [0, 0.05) is 30.8 Å². The Morgan fingerprint density at radius 2 is 2.24 bits per heavy atom. The first-order chi connectivity index (χ1) is 12.2. The third-order valence-corrected chi connectivity index (χ3v) is 4.10. The maximum atomic E-state index is 12.1. The maximum absolute atomic E-state index is 12.1. The minimum absolute atomic E-state index is 0.152. The predicted molar refractivity (Wildman–Crippen MR) is 82.3 cm³/mol. The van der Waals surface area contributed by atoms with E-state index in [1.807, 2.05) is 12.5 Å². The molecule has 1 aliphatic rings. The number of fused-ring (bicyclic) bond motifs is 1. The lowest BCUT2D eigenvalue weighted by atomic mass is 9.96. The number of pyridine rings is 1. The number of hydrogen-bond acceptors (Lipinski definition) is 6. The second-order valence-electron chi connectivity index (χ2n) is 5.81. The molecule has 3 aromatic heterocycles. The molecule has 3 aromatic rings. The summed E-state index contributed by atoms with van der Waals surface area (Å²) in [6, 6.07) is 3.17. The highest BCUT2D eigenvalue weighted by Crippen LogP contribution is 2.29. The van der Waals surface area contributed by atoms with Gasteiger partial charge in [-0.15, -0.1) is 0 Å². The molecule has 9 heteroatoms. The van der Waals surface area contributed by atoms with Gasteiger partial charge >= 0.3 is 0 Å². The third kappa shape index (κ3) is 3.35. The first-order valence-corrected chi connectivity index (χ1v) is 7.89. The molecular formula is C16H15F2N5O2. The number of ether oxygens (including phenoxy) is 1. The molecule has 4 rings (SSSR count). The number of aryl methyl sites for hydroxylation is 1. The number of rotatable bonds is 5. The van der Waals surface area contributed by atoms with Crippen LogP contribution in [0.4, 0.5) is 8.78 Å². The summed E-state index contributed by atoms with van der Waals surface area (Å²) in [7, 11) is 0. The van der Waals surface area contributed by atoms with E-state index in [1.165, 1.54) is 6.20 Å². The average molecular weight is 347 g/mol. The fraction of sp³-hybridized carbons (Fsp3) is 0.375. The van der Waals surface area contributed by atoms with Crippen LogP contribution in [0.1, 0.15) is 23.9 Å². The Hall–Kier alpha value is -2.84. The minimum atomic E-state index is -2.52. The molecule has 0 bridgehead atoms. The zero-order valence-corrected chi connectivity index (χ0v) is 13.2. The molecule has 0 N–H and O–H groups in total. The Bertz CT molecular complexity index is 846. The van der Waals surface area contributed by atoms with Crippen molar-refractivity contribution in [2.75, 3.05) is 6.61 Å². The Balaban J connectivity index is 1.46. The van der Waals surface area contributed by atoms with E-state index < -0.39 is 13.0 Å². The number of halogens is 2. The van der Waals surface area contributed by atoms with Crippen LogP contribution >= 0.6 is 0 Å². The van der Waals surface area contributed by atoms with Crippen molar-refractivity contribution in [2.24, 2.45) is 0 Å². The SMILES string of the molecule is FC(F)COc1ccc(-c2noc(C3CCn4cncc4C3)n2)nc1. The normalized spacial score (nSPS) is 16.8. The van der Waals surface area contributed by atoms with Crippen molar-refractivity contribution in [3.05, 3.63) is 42.4 Å². The van der Waals surface area contributed by atoms with Crippen LogP contribution in [-0.2, 0) is 13.0 Å². The van der Waals surface area contributed by atoms with Crippen LogP contribution in [0.15, 0.2) is 35.4 Å². The van der Waals surface area contributed by atoms with Crippen molar-refractivity contribution >= 4 is 0 Å². The maximum Gasteiger partial charge on any atom is 0.272 e. The van der Waals surface area contributed by atoms with E-state index in [2.05, 4.69) is 24.7 Å². The monoisotopic (exact) mass is 347 g/mol. The van der Waals surface area contributed by atoms with Gasteiger partial charge in [-0.25, -0.2) is 18.7 Å². The summed E-state index contributed by atoms with van der Waals surface area (Å²) in [5, 5.41) is 3.98. The molecular weight excluding hydrogens is 332 g/mol. The van der Waals surface area contributed by atoms with Crippen LogP contribution in [0.3, 0.4) is 0 Å². The van der Waals surface area contributed by atoms with Gasteiger partial charge in [-0.05, 0) is 18.6 Å². The van der Waals surface area contributed by atoms with E-state index >= 15 is 0 Å². The van der Waals surface area contributed by atoms with E-state index in [9.17, 15) is 8.78 Å². The van der Waals surface area contributed by atoms with Crippen LogP contribution in [0.2, 0.25) is 0 Å². The molecule has 0 aromatic carbocycles. The summed E-state index contributed by atoms with van der Waals surface area (Å²) in [5.74, 6) is 1.36. The van der Waals surface area contributed by atoms with Crippen molar-refractivity contribution in [2.45, 2.75) is 31.7 Å². The fourth-order valence-electron chi connectivity index (χ4n) is 2.84. The highest BCUT2D eigenvalue weighted by molar-refractivity contribution is 5.49. The Labute approximate surface area is 141 Å². The molecule has 1 unspecified atom stereocenters. The first-order valence-electron chi connectivity index (χ1n) is 7.89. The van der Waals surface area contributed by atoms with Crippen LogP contribution in [0.25, 0.3) is 11.5 Å². The van der Waals surface area contributed by atoms with Gasteiger partial charge in [-0.2, -0.15) is 4.98 Å². The molecule has 25 heavy (non-hydrogen) atoms. The van der Waals surface area contributed by atoms with Crippen LogP contribution < -0.4 is 4.74 Å². The summed E-state index contributed by atoms with van der Waals surface area (Å²) in [4.78, 5) is 12.7. The summed E-state index contributed by atoms with van der Waals surface area (Å²) in [5.41, 5.74) is 1.65. The van der Waals surface area contributed by atoms with Gasteiger partial charge in [0.25, 0.3) is 6.43 Å². The molecule has 0 radical (unpaired) electrons. The molecule has 0 saturated heterocycles. The lowest BCUT2D eigenvalue weighted by Crippen LogP contribution is -2.17. The van der Waals surface area contributed by atoms with E-state index in [0.29, 0.717) is 17.4 Å². The first kappa shape index (κ1) is 15.7. The smallest absolute Gasteiger partial charge is 0.272 e. The lowest BCUT2D eigenvalue weighted by Gasteiger charge is -2.20. The van der Waals surface area contributed by atoms with E-state index in [-0.39, 0.29) is 11.7 Å². The number of imidazole rings is 1. The lowest BCUT2D eigenvalue weighted by molar-refractivity contribution is 0.0817. The Morgan fingerprint density at radius 3 is 3.04 bits per heavy atom. The quantitative estimate of drug-likeness (QED) is 0.706. The van der Waals surface area contributed by atoms with Crippen molar-refractivity contribution in [1.82, 2.24) is 24.7 Å². The Morgan fingerprint density at radius 1 is 1.32 bits per heavy atom. The van der Waals surface area contributed by atoms with Gasteiger partial charge in [0.1, 0.15) is 18.1 Å². The summed E-state index contributed by atoms with van der Waals surface area (Å²) in [6.07, 6.45) is 4.22. The summed E-state index contributed by atoms with van der Waals surface area (Å²) >= 11 is 0. The Kier molecular flexibility index (Phi) is 4.12. The second kappa shape index (κ2) is 6.58. The highest BCUT2D eigenvalue weighted by Gasteiger charge is 2.25. The number of alkyl halides is 2. The van der Waals surface area contributed by atoms with Gasteiger partial charge < -0.3 is 13.8 Å². The summed E-state index contributed by atoms with van der Waals surface area (Å²) < 4.78 is 36.7. The molecule has 1 atom stereocenters. The standard InChI is InChI=1S/C16H15F2N5O2/c17-14(18)8-24-12-1-2-13(20-7-12)15-21-16(25-22-15)10-3-4-23-9-19-6-11(23)5-10/h1-2,6-7,9-10,14H,3-5,8H2. The predicted octanol–water partition coefficient (Wildman–Crippen LogP) is 2.70.